The van der Waals surface area contributed by atoms with Crippen LogP contribution < -0.4 is 10.6 Å². The van der Waals surface area contributed by atoms with Gasteiger partial charge in [0.05, 0.1) is 6.61 Å². The van der Waals surface area contributed by atoms with Crippen molar-refractivity contribution in [3.8, 4) is 0 Å². The maximum absolute atomic E-state index is 5.54. The zero-order chi connectivity index (χ0) is 15.5. The third-order valence-electron chi connectivity index (χ3n) is 2.61. The van der Waals surface area contributed by atoms with E-state index in [0.717, 1.165) is 37.8 Å². The first-order valence-corrected chi connectivity index (χ1v) is 7.58. The lowest BCUT2D eigenvalue weighted by atomic mass is 10.2. The van der Waals surface area contributed by atoms with Crippen LogP contribution in [0.4, 0.5) is 11.6 Å². The highest BCUT2D eigenvalue weighted by molar-refractivity contribution is 5.47. The van der Waals surface area contributed by atoms with Gasteiger partial charge in [-0.3, -0.25) is 0 Å². The van der Waals surface area contributed by atoms with Gasteiger partial charge in [0.2, 0.25) is 0 Å². The van der Waals surface area contributed by atoms with Gasteiger partial charge in [-0.15, -0.1) is 0 Å². The molecular formula is C15H28N4O2. The largest absolute Gasteiger partial charge is 0.379 e. The van der Waals surface area contributed by atoms with Gasteiger partial charge >= 0.3 is 0 Å². The molecule has 0 saturated carbocycles. The van der Waals surface area contributed by atoms with E-state index in [9.17, 15) is 0 Å². The fraction of sp³-hybridized carbons (Fsp3) is 0.733. The molecule has 1 heterocycles. The molecule has 0 spiro atoms. The predicted molar refractivity (Wildman–Crippen MR) is 85.7 cm³/mol. The summed E-state index contributed by atoms with van der Waals surface area (Å²) >= 11 is 0. The van der Waals surface area contributed by atoms with Crippen molar-refractivity contribution in [2.75, 3.05) is 44.0 Å². The normalized spacial score (nSPS) is 10.9. The van der Waals surface area contributed by atoms with Crippen LogP contribution in [-0.4, -0.2) is 43.4 Å². The molecule has 0 aliphatic carbocycles. The molecule has 6 nitrogen and oxygen atoms in total. The minimum absolute atomic E-state index is 0.403. The average molecular weight is 296 g/mol. The van der Waals surface area contributed by atoms with Gasteiger partial charge in [-0.1, -0.05) is 20.8 Å². The number of rotatable bonds is 11. The minimum Gasteiger partial charge on any atom is -0.379 e. The summed E-state index contributed by atoms with van der Waals surface area (Å²) in [7, 11) is 1.64. The molecule has 0 bridgehead atoms. The fourth-order valence-electron chi connectivity index (χ4n) is 1.70. The summed E-state index contributed by atoms with van der Waals surface area (Å²) in [5.74, 6) is 2.85. The number of ether oxygens (including phenoxy) is 2. The van der Waals surface area contributed by atoms with Crippen molar-refractivity contribution in [1.29, 1.82) is 0 Å². The lowest BCUT2D eigenvalue weighted by molar-refractivity contribution is 0.118. The highest BCUT2D eigenvalue weighted by Gasteiger charge is 2.04. The van der Waals surface area contributed by atoms with Gasteiger partial charge < -0.3 is 20.1 Å². The number of hydrogen-bond acceptors (Lipinski definition) is 6. The summed E-state index contributed by atoms with van der Waals surface area (Å²) in [5, 5.41) is 6.53. The molecule has 21 heavy (non-hydrogen) atoms. The number of nitrogens with zero attached hydrogens (tertiary/aromatic N) is 2. The average Bonchev–Trinajstić information content (AvgIpc) is 2.44. The van der Waals surface area contributed by atoms with Crippen LogP contribution in [0.2, 0.25) is 0 Å². The molecule has 0 aromatic carbocycles. The van der Waals surface area contributed by atoms with Gasteiger partial charge in [-0.05, 0) is 12.3 Å². The topological polar surface area (TPSA) is 68.3 Å². The standard InChI is InChI=1S/C15H28N4O2/c1-5-6-16-13-9-14(19-15(18-13)11-20-4)17-7-8-21-10-12(2)3/h9,12H,5-8,10-11H2,1-4H3,(H2,16,17,18,19). The van der Waals surface area contributed by atoms with Crippen LogP contribution in [0, 0.1) is 5.92 Å². The quantitative estimate of drug-likeness (QED) is 0.612. The molecule has 1 rings (SSSR count). The summed E-state index contributed by atoms with van der Waals surface area (Å²) in [4.78, 5) is 8.83. The highest BCUT2D eigenvalue weighted by Crippen LogP contribution is 2.12. The fourth-order valence-corrected chi connectivity index (χ4v) is 1.70. The second-order valence-corrected chi connectivity index (χ2v) is 5.31. The second kappa shape index (κ2) is 10.3. The molecule has 0 amide bonds. The smallest absolute Gasteiger partial charge is 0.158 e. The molecular weight excluding hydrogens is 268 g/mol. The van der Waals surface area contributed by atoms with Crippen LogP contribution in [0.15, 0.2) is 6.07 Å². The van der Waals surface area contributed by atoms with Gasteiger partial charge in [0.25, 0.3) is 0 Å². The van der Waals surface area contributed by atoms with Crippen molar-refractivity contribution in [1.82, 2.24) is 9.97 Å². The molecule has 0 saturated heterocycles. The first-order valence-electron chi connectivity index (χ1n) is 7.58. The van der Waals surface area contributed by atoms with Gasteiger partial charge in [0, 0.05) is 32.9 Å². The van der Waals surface area contributed by atoms with Crippen molar-refractivity contribution >= 4 is 11.6 Å². The summed E-state index contributed by atoms with van der Waals surface area (Å²) in [5.41, 5.74) is 0. The zero-order valence-electron chi connectivity index (χ0n) is 13.6. The molecule has 0 aliphatic rings. The highest BCUT2D eigenvalue weighted by atomic mass is 16.5. The first kappa shape index (κ1) is 17.7. The van der Waals surface area contributed by atoms with Crippen LogP contribution in [-0.2, 0) is 16.1 Å². The lowest BCUT2D eigenvalue weighted by Crippen LogP contribution is -2.14. The Kier molecular flexibility index (Phi) is 8.69. The Morgan fingerprint density at radius 1 is 1.14 bits per heavy atom. The molecule has 0 fully saturated rings. The molecule has 0 radical (unpaired) electrons. The van der Waals surface area contributed by atoms with E-state index in [2.05, 4.69) is 41.4 Å². The Labute approximate surface area is 127 Å². The Bertz CT molecular complexity index is 399. The van der Waals surface area contributed by atoms with Crippen LogP contribution in [0.5, 0.6) is 0 Å². The van der Waals surface area contributed by atoms with Crippen LogP contribution in [0.3, 0.4) is 0 Å². The summed E-state index contributed by atoms with van der Waals surface area (Å²) in [6.45, 7) is 9.86. The number of hydrogen-bond donors (Lipinski definition) is 2. The van der Waals surface area contributed by atoms with Gasteiger partial charge in [-0.25, -0.2) is 9.97 Å². The van der Waals surface area contributed by atoms with Crippen molar-refractivity contribution in [3.05, 3.63) is 11.9 Å². The van der Waals surface area contributed by atoms with Gasteiger partial charge in [0.15, 0.2) is 5.82 Å². The lowest BCUT2D eigenvalue weighted by Gasteiger charge is -2.11. The third-order valence-corrected chi connectivity index (χ3v) is 2.61. The molecule has 1 aromatic heterocycles. The Balaban J connectivity index is 2.52. The van der Waals surface area contributed by atoms with Crippen molar-refractivity contribution in [2.24, 2.45) is 5.92 Å². The van der Waals surface area contributed by atoms with Crippen molar-refractivity contribution in [2.45, 2.75) is 33.8 Å². The molecule has 0 unspecified atom stereocenters. The Morgan fingerprint density at radius 3 is 2.38 bits per heavy atom. The van der Waals surface area contributed by atoms with E-state index >= 15 is 0 Å². The van der Waals surface area contributed by atoms with E-state index in [0.29, 0.717) is 25.0 Å². The van der Waals surface area contributed by atoms with E-state index in [-0.39, 0.29) is 0 Å². The SMILES string of the molecule is CCCNc1cc(NCCOCC(C)C)nc(COC)n1. The first-order chi connectivity index (χ1) is 10.2. The van der Waals surface area contributed by atoms with E-state index in [4.69, 9.17) is 9.47 Å². The molecule has 6 heteroatoms. The van der Waals surface area contributed by atoms with E-state index in [1.54, 1.807) is 7.11 Å². The van der Waals surface area contributed by atoms with Crippen LogP contribution in [0.25, 0.3) is 0 Å². The summed E-state index contributed by atoms with van der Waals surface area (Å²) in [6, 6.07) is 1.91. The minimum atomic E-state index is 0.403. The van der Waals surface area contributed by atoms with Crippen LogP contribution in [0.1, 0.15) is 33.0 Å². The number of nitrogens with one attached hydrogen (secondary N) is 2. The second-order valence-electron chi connectivity index (χ2n) is 5.31. The van der Waals surface area contributed by atoms with E-state index in [1.807, 2.05) is 6.07 Å². The van der Waals surface area contributed by atoms with Gasteiger partial charge in [-0.2, -0.15) is 0 Å². The third kappa shape index (κ3) is 7.82. The molecule has 1 aromatic rings. The number of methoxy groups -OCH3 is 1. The van der Waals surface area contributed by atoms with Crippen molar-refractivity contribution < 1.29 is 9.47 Å². The predicted octanol–water partition coefficient (Wildman–Crippen LogP) is 2.53. The van der Waals surface area contributed by atoms with Crippen molar-refractivity contribution in [3.63, 3.8) is 0 Å². The molecule has 0 aliphatic heterocycles. The maximum atomic E-state index is 5.54. The van der Waals surface area contributed by atoms with Gasteiger partial charge in [0.1, 0.15) is 18.2 Å². The molecule has 0 atom stereocenters. The Morgan fingerprint density at radius 2 is 1.81 bits per heavy atom. The molecule has 120 valence electrons. The Hall–Kier alpha value is -1.40. The zero-order valence-corrected chi connectivity index (χ0v) is 13.6. The van der Waals surface area contributed by atoms with E-state index in [1.165, 1.54) is 0 Å². The monoisotopic (exact) mass is 296 g/mol. The summed E-state index contributed by atoms with van der Waals surface area (Å²) < 4.78 is 10.6. The number of aromatic nitrogens is 2. The van der Waals surface area contributed by atoms with E-state index < -0.39 is 0 Å². The maximum Gasteiger partial charge on any atom is 0.158 e. The summed E-state index contributed by atoms with van der Waals surface area (Å²) in [6.07, 6.45) is 1.05. The number of anilines is 2. The van der Waals surface area contributed by atoms with Crippen LogP contribution >= 0.6 is 0 Å². The molecule has 2 N–H and O–H groups in total.